The molecule has 0 unspecified atom stereocenters. The number of methoxy groups -OCH3 is 1. The van der Waals surface area contributed by atoms with Gasteiger partial charge in [-0.2, -0.15) is 5.10 Å². The summed E-state index contributed by atoms with van der Waals surface area (Å²) >= 11 is 0. The van der Waals surface area contributed by atoms with Gasteiger partial charge >= 0.3 is 0 Å². The lowest BCUT2D eigenvalue weighted by Crippen LogP contribution is -2.35. The maximum absolute atomic E-state index is 5.49. The van der Waals surface area contributed by atoms with E-state index in [2.05, 4.69) is 33.7 Å². The molecule has 0 saturated heterocycles. The summed E-state index contributed by atoms with van der Waals surface area (Å²) in [5.74, 6) is 2.05. The Morgan fingerprint density at radius 2 is 2.17 bits per heavy atom. The van der Waals surface area contributed by atoms with E-state index >= 15 is 0 Å². The highest BCUT2D eigenvalue weighted by atomic mass is 16.7. The monoisotopic (exact) mass is 329 g/mol. The van der Waals surface area contributed by atoms with Crippen LogP contribution >= 0.6 is 0 Å². The molecule has 2 aliphatic heterocycles. The largest absolute Gasteiger partial charge is 0.454 e. The highest BCUT2D eigenvalue weighted by Crippen LogP contribution is 2.34. The zero-order chi connectivity index (χ0) is 16.5. The highest BCUT2D eigenvalue weighted by molar-refractivity contribution is 5.44. The van der Waals surface area contributed by atoms with Crippen molar-refractivity contribution in [2.45, 2.75) is 32.5 Å². The first-order valence-corrected chi connectivity index (χ1v) is 8.43. The number of ether oxygens (including phenoxy) is 3. The molecule has 0 bridgehead atoms. The van der Waals surface area contributed by atoms with Gasteiger partial charge in [0.05, 0.1) is 18.5 Å². The molecule has 0 fully saturated rings. The third kappa shape index (κ3) is 2.76. The van der Waals surface area contributed by atoms with E-state index in [1.807, 2.05) is 12.3 Å². The number of hydrogen-bond acceptors (Lipinski definition) is 5. The van der Waals surface area contributed by atoms with E-state index in [1.54, 1.807) is 7.11 Å². The first-order chi connectivity index (χ1) is 11.8. The third-order valence-electron chi connectivity index (χ3n) is 4.78. The average Bonchev–Trinajstić information content (AvgIpc) is 3.21. The number of aryl methyl sites for hydroxylation is 1. The molecule has 1 atom stereocenters. The molecule has 3 heterocycles. The Morgan fingerprint density at radius 3 is 3.00 bits per heavy atom. The fourth-order valence-corrected chi connectivity index (χ4v) is 3.66. The second-order valence-corrected chi connectivity index (χ2v) is 6.37. The summed E-state index contributed by atoms with van der Waals surface area (Å²) in [6.45, 7) is 6.84. The summed E-state index contributed by atoms with van der Waals surface area (Å²) in [6.07, 6.45) is 2.01. The fraction of sp³-hybridized carbons (Fsp3) is 0.500. The second-order valence-electron chi connectivity index (χ2n) is 6.37. The Morgan fingerprint density at radius 1 is 1.29 bits per heavy atom. The van der Waals surface area contributed by atoms with Crippen LogP contribution in [0.2, 0.25) is 0 Å². The van der Waals surface area contributed by atoms with Gasteiger partial charge in [0.15, 0.2) is 11.5 Å². The smallest absolute Gasteiger partial charge is 0.231 e. The normalized spacial score (nSPS) is 19.5. The van der Waals surface area contributed by atoms with Crippen molar-refractivity contribution in [2.75, 3.05) is 27.1 Å². The van der Waals surface area contributed by atoms with Crippen LogP contribution in [0.25, 0.3) is 0 Å². The summed E-state index contributed by atoms with van der Waals surface area (Å²) in [4.78, 5) is 2.46. The van der Waals surface area contributed by atoms with E-state index in [0.717, 1.165) is 44.3 Å². The lowest BCUT2D eigenvalue weighted by Gasteiger charge is -2.33. The van der Waals surface area contributed by atoms with Gasteiger partial charge in [-0.25, -0.2) is 0 Å². The van der Waals surface area contributed by atoms with Crippen molar-refractivity contribution in [3.63, 3.8) is 0 Å². The van der Waals surface area contributed by atoms with Crippen molar-refractivity contribution < 1.29 is 14.2 Å². The van der Waals surface area contributed by atoms with Crippen molar-refractivity contribution in [1.82, 2.24) is 14.7 Å². The minimum atomic E-state index is 0.317. The van der Waals surface area contributed by atoms with Gasteiger partial charge in [-0.05, 0) is 24.6 Å². The van der Waals surface area contributed by atoms with Crippen LogP contribution in [0, 0.1) is 0 Å². The Hall–Kier alpha value is -2.05. The average molecular weight is 329 g/mol. The predicted octanol–water partition coefficient (Wildman–Crippen LogP) is 2.38. The Balaban J connectivity index is 1.55. The van der Waals surface area contributed by atoms with Crippen molar-refractivity contribution in [3.8, 4) is 11.5 Å². The number of nitrogens with zero attached hydrogens (tertiary/aromatic N) is 3. The van der Waals surface area contributed by atoms with Crippen molar-refractivity contribution in [1.29, 1.82) is 0 Å². The minimum absolute atomic E-state index is 0.317. The van der Waals surface area contributed by atoms with E-state index in [4.69, 9.17) is 14.2 Å². The molecule has 2 aromatic rings. The predicted molar refractivity (Wildman–Crippen MR) is 89.2 cm³/mol. The van der Waals surface area contributed by atoms with Gasteiger partial charge in [-0.15, -0.1) is 0 Å². The van der Waals surface area contributed by atoms with Crippen LogP contribution in [0.15, 0.2) is 24.4 Å². The zero-order valence-electron chi connectivity index (χ0n) is 14.2. The number of benzene rings is 1. The molecular weight excluding hydrogens is 306 g/mol. The van der Waals surface area contributed by atoms with Gasteiger partial charge in [0.2, 0.25) is 6.79 Å². The van der Waals surface area contributed by atoms with Crippen LogP contribution in [0.5, 0.6) is 11.5 Å². The lowest BCUT2D eigenvalue weighted by atomic mass is 9.95. The standard InChI is InChI=1S/C18H23N3O3/c1-3-21-16-10-20(9-14(11-22-2)15(16)7-19-21)8-13-4-5-17-18(6-13)24-12-23-17/h4-7,14H,3,8-12H2,1-2H3/t14-/m0/s1. The molecule has 128 valence electrons. The van der Waals surface area contributed by atoms with Crippen LogP contribution in [-0.2, 0) is 24.4 Å². The number of rotatable bonds is 5. The molecule has 1 aromatic carbocycles. The molecule has 0 spiro atoms. The van der Waals surface area contributed by atoms with Crippen LogP contribution in [0.4, 0.5) is 0 Å². The van der Waals surface area contributed by atoms with Crippen molar-refractivity contribution >= 4 is 0 Å². The molecule has 0 aliphatic carbocycles. The number of hydrogen-bond donors (Lipinski definition) is 0. The second kappa shape index (κ2) is 6.45. The van der Waals surface area contributed by atoms with Gasteiger partial charge < -0.3 is 14.2 Å². The van der Waals surface area contributed by atoms with Gasteiger partial charge in [0, 0.05) is 44.8 Å². The maximum Gasteiger partial charge on any atom is 0.231 e. The van der Waals surface area contributed by atoms with E-state index in [9.17, 15) is 0 Å². The van der Waals surface area contributed by atoms with Gasteiger partial charge in [0.25, 0.3) is 0 Å². The number of fused-ring (bicyclic) bond motifs is 2. The molecule has 0 saturated carbocycles. The quantitative estimate of drug-likeness (QED) is 0.843. The van der Waals surface area contributed by atoms with E-state index in [0.29, 0.717) is 12.7 Å². The van der Waals surface area contributed by atoms with Crippen LogP contribution < -0.4 is 9.47 Å². The zero-order valence-corrected chi connectivity index (χ0v) is 14.2. The molecule has 0 N–H and O–H groups in total. The topological polar surface area (TPSA) is 48.8 Å². The van der Waals surface area contributed by atoms with Crippen LogP contribution in [0.3, 0.4) is 0 Å². The molecule has 0 radical (unpaired) electrons. The summed E-state index contributed by atoms with van der Waals surface area (Å²) in [5, 5.41) is 4.54. The molecule has 6 heteroatoms. The van der Waals surface area contributed by atoms with Crippen molar-refractivity contribution in [2.24, 2.45) is 0 Å². The lowest BCUT2D eigenvalue weighted by molar-refractivity contribution is 0.134. The van der Waals surface area contributed by atoms with Gasteiger partial charge in [0.1, 0.15) is 0 Å². The molecule has 2 aliphatic rings. The summed E-state index contributed by atoms with van der Waals surface area (Å²) in [7, 11) is 1.76. The summed E-state index contributed by atoms with van der Waals surface area (Å²) in [5.41, 5.74) is 3.88. The fourth-order valence-electron chi connectivity index (χ4n) is 3.66. The van der Waals surface area contributed by atoms with E-state index < -0.39 is 0 Å². The van der Waals surface area contributed by atoms with Crippen LogP contribution in [-0.4, -0.2) is 41.7 Å². The highest BCUT2D eigenvalue weighted by Gasteiger charge is 2.28. The Labute approximate surface area is 141 Å². The summed E-state index contributed by atoms with van der Waals surface area (Å²) in [6, 6.07) is 6.20. The maximum atomic E-state index is 5.49. The Bertz CT molecular complexity index is 728. The molecule has 1 aromatic heterocycles. The van der Waals surface area contributed by atoms with Gasteiger partial charge in [-0.3, -0.25) is 9.58 Å². The SMILES string of the molecule is CCn1ncc2c1CN(Cc1ccc3c(c1)OCO3)C[C@H]2COC. The number of aromatic nitrogens is 2. The van der Waals surface area contributed by atoms with E-state index in [-0.39, 0.29) is 0 Å². The van der Waals surface area contributed by atoms with Crippen LogP contribution in [0.1, 0.15) is 29.7 Å². The molecule has 24 heavy (non-hydrogen) atoms. The molecule has 0 amide bonds. The first-order valence-electron chi connectivity index (χ1n) is 8.43. The minimum Gasteiger partial charge on any atom is -0.454 e. The third-order valence-corrected chi connectivity index (χ3v) is 4.78. The molecular formula is C18H23N3O3. The first kappa shape index (κ1) is 15.5. The van der Waals surface area contributed by atoms with Gasteiger partial charge in [-0.1, -0.05) is 6.07 Å². The van der Waals surface area contributed by atoms with E-state index in [1.165, 1.54) is 16.8 Å². The van der Waals surface area contributed by atoms with Crippen molar-refractivity contribution in [3.05, 3.63) is 41.2 Å². The Kier molecular flexibility index (Phi) is 4.16. The summed E-state index contributed by atoms with van der Waals surface area (Å²) < 4.78 is 18.4. The molecule has 6 nitrogen and oxygen atoms in total. The molecule has 4 rings (SSSR count).